The van der Waals surface area contributed by atoms with Crippen molar-refractivity contribution in [2.75, 3.05) is 20.3 Å². The number of phenolic OH excluding ortho intramolecular Hbond substituents is 1. The van der Waals surface area contributed by atoms with Gasteiger partial charge in [0.25, 0.3) is 5.91 Å². The van der Waals surface area contributed by atoms with Gasteiger partial charge in [-0.15, -0.1) is 0 Å². The molecule has 0 aliphatic heterocycles. The average molecular weight is 362 g/mol. The summed E-state index contributed by atoms with van der Waals surface area (Å²) in [6.07, 6.45) is 1.72. The Kier molecular flexibility index (Phi) is 6.18. The maximum absolute atomic E-state index is 13.1. The first-order valence-corrected chi connectivity index (χ1v) is 8.75. The summed E-state index contributed by atoms with van der Waals surface area (Å²) in [4.78, 5) is 19.2. The molecular formula is C22H22N2O3. The number of methoxy groups -OCH3 is 1. The van der Waals surface area contributed by atoms with Crippen LogP contribution in [0.1, 0.15) is 16.1 Å². The molecule has 0 atom stereocenters. The molecule has 1 aromatic heterocycles. The van der Waals surface area contributed by atoms with Crippen molar-refractivity contribution in [3.05, 3.63) is 84.2 Å². The SMILES string of the molecule is COCCN(Cc1ccccn1)C(=O)c1cccc(-c2ccc(O)cc2)c1. The standard InChI is InChI=1S/C22H22N2O3/c1-27-14-13-24(16-20-7-2-3-12-23-20)22(26)19-6-4-5-18(15-19)17-8-10-21(25)11-9-17/h2-12,15,25H,13-14,16H2,1H3. The highest BCUT2D eigenvalue weighted by molar-refractivity contribution is 5.95. The van der Waals surface area contributed by atoms with Gasteiger partial charge in [-0.05, 0) is 47.5 Å². The van der Waals surface area contributed by atoms with E-state index >= 15 is 0 Å². The molecule has 0 saturated heterocycles. The fraction of sp³-hybridized carbons (Fsp3) is 0.182. The van der Waals surface area contributed by atoms with Gasteiger partial charge in [-0.3, -0.25) is 9.78 Å². The van der Waals surface area contributed by atoms with Crippen LogP contribution in [0.4, 0.5) is 0 Å². The molecule has 2 aromatic carbocycles. The van der Waals surface area contributed by atoms with E-state index in [4.69, 9.17) is 4.74 Å². The van der Waals surface area contributed by atoms with Gasteiger partial charge in [0.1, 0.15) is 5.75 Å². The number of hydrogen-bond acceptors (Lipinski definition) is 4. The Bertz CT molecular complexity index is 880. The van der Waals surface area contributed by atoms with Crippen LogP contribution < -0.4 is 0 Å². The minimum Gasteiger partial charge on any atom is -0.508 e. The summed E-state index contributed by atoms with van der Waals surface area (Å²) in [5, 5.41) is 9.46. The number of hydrogen-bond donors (Lipinski definition) is 1. The molecule has 1 heterocycles. The molecule has 0 spiro atoms. The fourth-order valence-corrected chi connectivity index (χ4v) is 2.81. The van der Waals surface area contributed by atoms with Crippen molar-refractivity contribution in [1.82, 2.24) is 9.88 Å². The summed E-state index contributed by atoms with van der Waals surface area (Å²) in [6, 6.07) is 20.1. The third-order valence-corrected chi connectivity index (χ3v) is 4.24. The van der Waals surface area contributed by atoms with E-state index in [9.17, 15) is 9.90 Å². The normalized spacial score (nSPS) is 10.6. The highest BCUT2D eigenvalue weighted by Gasteiger charge is 2.17. The summed E-state index contributed by atoms with van der Waals surface area (Å²) < 4.78 is 5.16. The Morgan fingerprint density at radius 3 is 2.56 bits per heavy atom. The first kappa shape index (κ1) is 18.6. The molecule has 3 rings (SSSR count). The van der Waals surface area contributed by atoms with Crippen molar-refractivity contribution in [1.29, 1.82) is 0 Å². The lowest BCUT2D eigenvalue weighted by molar-refractivity contribution is 0.0678. The van der Waals surface area contributed by atoms with Gasteiger partial charge < -0.3 is 14.7 Å². The largest absolute Gasteiger partial charge is 0.508 e. The van der Waals surface area contributed by atoms with Gasteiger partial charge in [0.15, 0.2) is 0 Å². The summed E-state index contributed by atoms with van der Waals surface area (Å²) in [5.41, 5.74) is 3.30. The van der Waals surface area contributed by atoms with E-state index in [1.54, 1.807) is 30.3 Å². The molecule has 0 fully saturated rings. The lowest BCUT2D eigenvalue weighted by atomic mass is 10.0. The van der Waals surface area contributed by atoms with Gasteiger partial charge in [-0.1, -0.05) is 30.3 Å². The zero-order valence-corrected chi connectivity index (χ0v) is 15.2. The van der Waals surface area contributed by atoms with Gasteiger partial charge in [-0.2, -0.15) is 0 Å². The molecule has 0 radical (unpaired) electrons. The van der Waals surface area contributed by atoms with Gasteiger partial charge in [0.2, 0.25) is 0 Å². The van der Waals surface area contributed by atoms with E-state index in [1.807, 2.05) is 54.6 Å². The predicted octanol–water partition coefficient (Wildman–Crippen LogP) is 3.74. The Morgan fingerprint density at radius 1 is 1.04 bits per heavy atom. The molecule has 0 bridgehead atoms. The average Bonchev–Trinajstić information content (AvgIpc) is 2.72. The number of phenols is 1. The number of benzene rings is 2. The van der Waals surface area contributed by atoms with Crippen molar-refractivity contribution in [3.8, 4) is 16.9 Å². The van der Waals surface area contributed by atoms with E-state index in [-0.39, 0.29) is 11.7 Å². The predicted molar refractivity (Wildman–Crippen MR) is 104 cm³/mol. The Hall–Kier alpha value is -3.18. The number of carbonyl (C=O) groups is 1. The highest BCUT2D eigenvalue weighted by Crippen LogP contribution is 2.23. The Morgan fingerprint density at radius 2 is 1.85 bits per heavy atom. The minimum absolute atomic E-state index is 0.0710. The zero-order chi connectivity index (χ0) is 19.1. The van der Waals surface area contributed by atoms with Crippen LogP contribution in [0.3, 0.4) is 0 Å². The topological polar surface area (TPSA) is 62.7 Å². The lowest BCUT2D eigenvalue weighted by Crippen LogP contribution is -2.33. The van der Waals surface area contributed by atoms with Crippen molar-refractivity contribution in [2.45, 2.75) is 6.54 Å². The summed E-state index contributed by atoms with van der Waals surface area (Å²) >= 11 is 0. The van der Waals surface area contributed by atoms with Crippen LogP contribution >= 0.6 is 0 Å². The monoisotopic (exact) mass is 362 g/mol. The Labute approximate surface area is 158 Å². The molecule has 0 saturated carbocycles. The van der Waals surface area contributed by atoms with E-state index in [0.717, 1.165) is 16.8 Å². The van der Waals surface area contributed by atoms with Crippen molar-refractivity contribution in [2.24, 2.45) is 0 Å². The zero-order valence-electron chi connectivity index (χ0n) is 15.2. The second-order valence-electron chi connectivity index (χ2n) is 6.17. The van der Waals surface area contributed by atoms with E-state index in [1.165, 1.54) is 0 Å². The van der Waals surface area contributed by atoms with Crippen LogP contribution in [0.15, 0.2) is 72.9 Å². The maximum atomic E-state index is 13.1. The molecular weight excluding hydrogens is 340 g/mol. The maximum Gasteiger partial charge on any atom is 0.254 e. The fourth-order valence-electron chi connectivity index (χ4n) is 2.81. The number of amides is 1. The Balaban J connectivity index is 1.84. The second-order valence-corrected chi connectivity index (χ2v) is 6.17. The molecule has 3 aromatic rings. The number of nitrogens with zero attached hydrogens (tertiary/aromatic N) is 2. The third kappa shape index (κ3) is 4.92. The minimum atomic E-state index is -0.0710. The van der Waals surface area contributed by atoms with Crippen LogP contribution in [0.5, 0.6) is 5.75 Å². The number of aromatic nitrogens is 1. The molecule has 138 valence electrons. The number of carbonyl (C=O) groups excluding carboxylic acids is 1. The van der Waals surface area contributed by atoms with Crippen molar-refractivity contribution in [3.63, 3.8) is 0 Å². The number of ether oxygens (including phenoxy) is 1. The first-order valence-electron chi connectivity index (χ1n) is 8.75. The molecule has 5 nitrogen and oxygen atoms in total. The van der Waals surface area contributed by atoms with Crippen molar-refractivity contribution >= 4 is 5.91 Å². The first-order chi connectivity index (χ1) is 13.2. The van der Waals surface area contributed by atoms with Crippen LogP contribution in [0.2, 0.25) is 0 Å². The smallest absolute Gasteiger partial charge is 0.254 e. The molecule has 1 amide bonds. The summed E-state index contributed by atoms with van der Waals surface area (Å²) in [7, 11) is 1.62. The number of aromatic hydroxyl groups is 1. The third-order valence-electron chi connectivity index (χ3n) is 4.24. The van der Waals surface area contributed by atoms with Gasteiger partial charge in [0.05, 0.1) is 18.8 Å². The number of pyridine rings is 1. The lowest BCUT2D eigenvalue weighted by Gasteiger charge is -2.22. The second kappa shape index (κ2) is 8.96. The molecule has 0 aliphatic rings. The van der Waals surface area contributed by atoms with Crippen LogP contribution in [-0.2, 0) is 11.3 Å². The van der Waals surface area contributed by atoms with Crippen molar-refractivity contribution < 1.29 is 14.6 Å². The van der Waals surface area contributed by atoms with Gasteiger partial charge >= 0.3 is 0 Å². The number of rotatable bonds is 7. The molecule has 1 N–H and O–H groups in total. The molecule has 0 aliphatic carbocycles. The van der Waals surface area contributed by atoms with E-state index < -0.39 is 0 Å². The quantitative estimate of drug-likeness (QED) is 0.695. The van der Waals surface area contributed by atoms with E-state index in [2.05, 4.69) is 4.98 Å². The van der Waals surface area contributed by atoms with E-state index in [0.29, 0.717) is 25.3 Å². The molecule has 0 unspecified atom stereocenters. The van der Waals surface area contributed by atoms with Gasteiger partial charge in [0, 0.05) is 25.4 Å². The summed E-state index contributed by atoms with van der Waals surface area (Å²) in [6.45, 7) is 1.36. The highest BCUT2D eigenvalue weighted by atomic mass is 16.5. The molecule has 27 heavy (non-hydrogen) atoms. The summed E-state index contributed by atoms with van der Waals surface area (Å²) in [5.74, 6) is 0.144. The molecule has 5 heteroatoms. The van der Waals surface area contributed by atoms with Gasteiger partial charge in [-0.25, -0.2) is 0 Å². The van der Waals surface area contributed by atoms with Crippen LogP contribution in [0.25, 0.3) is 11.1 Å². The van der Waals surface area contributed by atoms with Crippen LogP contribution in [-0.4, -0.2) is 41.2 Å². The van der Waals surface area contributed by atoms with Crippen LogP contribution in [0, 0.1) is 0 Å².